The third-order valence-corrected chi connectivity index (χ3v) is 3.43. The van der Waals surface area contributed by atoms with Crippen molar-refractivity contribution in [3.8, 4) is 5.75 Å². The summed E-state index contributed by atoms with van der Waals surface area (Å²) in [6.45, 7) is 6.24. The molecule has 0 bridgehead atoms. The molecule has 0 radical (unpaired) electrons. The molecule has 0 saturated carbocycles. The normalized spacial score (nSPS) is 13.7. The zero-order valence-electron chi connectivity index (χ0n) is 12.6. The van der Waals surface area contributed by atoms with Crippen molar-refractivity contribution < 1.29 is 14.2 Å². The second-order valence-electron chi connectivity index (χ2n) is 5.31. The quantitative estimate of drug-likeness (QED) is 0.786. The minimum Gasteiger partial charge on any atom is -0.489 e. The Morgan fingerprint density at radius 2 is 1.95 bits per heavy atom. The van der Waals surface area contributed by atoms with Crippen LogP contribution in [0.5, 0.6) is 5.75 Å². The third kappa shape index (κ3) is 5.99. The van der Waals surface area contributed by atoms with Gasteiger partial charge in [0.2, 0.25) is 0 Å². The summed E-state index contributed by atoms with van der Waals surface area (Å²) < 4.78 is 19.0. The van der Waals surface area contributed by atoms with Crippen LogP contribution in [0.25, 0.3) is 0 Å². The molecule has 1 aromatic carbocycles. The van der Waals surface area contributed by atoms with E-state index in [0.717, 1.165) is 6.42 Å². The smallest absolute Gasteiger partial charge is 0.173 e. The van der Waals surface area contributed by atoms with Crippen molar-refractivity contribution in [2.24, 2.45) is 11.7 Å². The summed E-state index contributed by atoms with van der Waals surface area (Å²) in [5.41, 5.74) is 6.45. The van der Waals surface area contributed by atoms with E-state index in [-0.39, 0.29) is 23.2 Å². The fraction of sp³-hybridized carbons (Fsp3) is 0.600. The highest BCUT2D eigenvalue weighted by molar-refractivity contribution is 6.32. The van der Waals surface area contributed by atoms with Gasteiger partial charge >= 0.3 is 0 Å². The summed E-state index contributed by atoms with van der Waals surface area (Å²) in [6.07, 6.45) is 0.721. The second kappa shape index (κ2) is 9.46. The Labute approximate surface area is 137 Å². The number of ether oxygens (including phenoxy) is 1. The molecule has 0 spiro atoms. The molecule has 3 N–H and O–H groups in total. The first-order valence-corrected chi connectivity index (χ1v) is 7.30. The average Bonchev–Trinajstić information content (AvgIpc) is 2.39. The standard InChI is InChI=1S/C15H23ClFNO2.ClH/c1-4-20-15-11(16)7-10(8-12(15)17)14(18)13(19)6-5-9(2)3;/h7-9,13-14,19H,4-6,18H2,1-3H3;1H/t13-,14+;/m1./s1. The van der Waals surface area contributed by atoms with E-state index < -0.39 is 18.0 Å². The van der Waals surface area contributed by atoms with Gasteiger partial charge in [-0.05, 0) is 43.4 Å². The van der Waals surface area contributed by atoms with Crippen molar-refractivity contribution in [3.05, 3.63) is 28.5 Å². The minimum absolute atomic E-state index is 0. The third-order valence-electron chi connectivity index (χ3n) is 3.15. The molecule has 2 atom stereocenters. The first kappa shape index (κ1) is 20.5. The number of aliphatic hydroxyl groups excluding tert-OH is 1. The molecule has 3 nitrogen and oxygen atoms in total. The van der Waals surface area contributed by atoms with Gasteiger partial charge in [0, 0.05) is 0 Å². The fourth-order valence-electron chi connectivity index (χ4n) is 1.96. The van der Waals surface area contributed by atoms with Crippen LogP contribution in [-0.4, -0.2) is 17.8 Å². The van der Waals surface area contributed by atoms with Crippen molar-refractivity contribution in [3.63, 3.8) is 0 Å². The molecule has 0 fully saturated rings. The molecule has 0 heterocycles. The zero-order chi connectivity index (χ0) is 15.3. The number of benzene rings is 1. The minimum atomic E-state index is -0.717. The molecular weight excluding hydrogens is 316 g/mol. The highest BCUT2D eigenvalue weighted by atomic mass is 35.5. The molecule has 122 valence electrons. The topological polar surface area (TPSA) is 55.5 Å². The van der Waals surface area contributed by atoms with Crippen molar-refractivity contribution in [1.29, 1.82) is 0 Å². The van der Waals surface area contributed by atoms with Crippen molar-refractivity contribution in [1.82, 2.24) is 0 Å². The first-order valence-electron chi connectivity index (χ1n) is 6.92. The molecule has 0 saturated heterocycles. The molecule has 1 aromatic rings. The SMILES string of the molecule is CCOc1c(F)cc([C@H](N)[C@H](O)CCC(C)C)cc1Cl.Cl. The van der Waals surface area contributed by atoms with Crippen LogP contribution in [0, 0.1) is 11.7 Å². The van der Waals surface area contributed by atoms with E-state index in [9.17, 15) is 9.50 Å². The van der Waals surface area contributed by atoms with Crippen molar-refractivity contribution >= 4 is 24.0 Å². The Hall–Kier alpha value is -0.550. The van der Waals surface area contributed by atoms with E-state index in [2.05, 4.69) is 13.8 Å². The van der Waals surface area contributed by atoms with Crippen LogP contribution in [-0.2, 0) is 0 Å². The zero-order valence-corrected chi connectivity index (χ0v) is 14.2. The van der Waals surface area contributed by atoms with Crippen LogP contribution in [0.4, 0.5) is 4.39 Å². The summed E-state index contributed by atoms with van der Waals surface area (Å²) in [5, 5.41) is 10.2. The van der Waals surface area contributed by atoms with E-state index in [0.29, 0.717) is 24.5 Å². The number of aliphatic hydroxyl groups is 1. The van der Waals surface area contributed by atoms with Crippen LogP contribution >= 0.6 is 24.0 Å². The highest BCUT2D eigenvalue weighted by Gasteiger charge is 2.20. The van der Waals surface area contributed by atoms with Gasteiger partial charge in [0.05, 0.1) is 23.8 Å². The Morgan fingerprint density at radius 1 is 1.33 bits per heavy atom. The molecule has 0 unspecified atom stereocenters. The van der Waals surface area contributed by atoms with Crippen molar-refractivity contribution in [2.45, 2.75) is 45.8 Å². The Morgan fingerprint density at radius 3 is 2.43 bits per heavy atom. The van der Waals surface area contributed by atoms with E-state index >= 15 is 0 Å². The second-order valence-corrected chi connectivity index (χ2v) is 5.72. The highest BCUT2D eigenvalue weighted by Crippen LogP contribution is 2.32. The average molecular weight is 340 g/mol. The van der Waals surface area contributed by atoms with Crippen LogP contribution in [0.3, 0.4) is 0 Å². The van der Waals surface area contributed by atoms with Crippen LogP contribution < -0.4 is 10.5 Å². The monoisotopic (exact) mass is 339 g/mol. The molecule has 6 heteroatoms. The maximum Gasteiger partial charge on any atom is 0.173 e. The number of rotatable bonds is 7. The Bertz CT molecular complexity index is 421. The number of halogens is 3. The van der Waals surface area contributed by atoms with Crippen molar-refractivity contribution in [2.75, 3.05) is 6.61 Å². The molecule has 0 aliphatic carbocycles. The van der Waals surface area contributed by atoms with Gasteiger partial charge in [0.1, 0.15) is 0 Å². The van der Waals surface area contributed by atoms with Crippen LogP contribution in [0.2, 0.25) is 5.02 Å². The molecule has 0 aliphatic rings. The van der Waals surface area contributed by atoms with Gasteiger partial charge in [-0.15, -0.1) is 12.4 Å². The number of hydrogen-bond donors (Lipinski definition) is 2. The summed E-state index contributed by atoms with van der Waals surface area (Å²) in [6, 6.07) is 2.18. The lowest BCUT2D eigenvalue weighted by molar-refractivity contribution is 0.128. The summed E-state index contributed by atoms with van der Waals surface area (Å²) in [4.78, 5) is 0. The van der Waals surface area contributed by atoms with E-state index in [1.165, 1.54) is 6.07 Å². The lowest BCUT2D eigenvalue weighted by atomic mass is 9.96. The predicted octanol–water partition coefficient (Wildman–Crippen LogP) is 4.10. The lowest BCUT2D eigenvalue weighted by Crippen LogP contribution is -2.26. The Balaban J connectivity index is 0.00000400. The van der Waals surface area contributed by atoms with Gasteiger partial charge in [-0.3, -0.25) is 0 Å². The van der Waals surface area contributed by atoms with Crippen LogP contribution in [0.15, 0.2) is 12.1 Å². The van der Waals surface area contributed by atoms with E-state index in [1.807, 2.05) is 0 Å². The number of nitrogens with two attached hydrogens (primary N) is 1. The summed E-state index contributed by atoms with van der Waals surface area (Å²) in [5.74, 6) is -0.0415. The lowest BCUT2D eigenvalue weighted by Gasteiger charge is -2.21. The molecule has 0 aromatic heterocycles. The first-order chi connectivity index (χ1) is 9.36. The molecule has 0 aliphatic heterocycles. The van der Waals surface area contributed by atoms with E-state index in [4.69, 9.17) is 22.1 Å². The molecule has 0 amide bonds. The van der Waals surface area contributed by atoms with Gasteiger partial charge in [0.15, 0.2) is 11.6 Å². The maximum atomic E-state index is 13.9. The Kier molecular flexibility index (Phi) is 9.22. The summed E-state index contributed by atoms with van der Waals surface area (Å²) in [7, 11) is 0. The van der Waals surface area contributed by atoms with Gasteiger partial charge in [-0.25, -0.2) is 4.39 Å². The number of hydrogen-bond acceptors (Lipinski definition) is 3. The largest absolute Gasteiger partial charge is 0.489 e. The van der Waals surface area contributed by atoms with Gasteiger partial charge in [-0.1, -0.05) is 25.4 Å². The predicted molar refractivity (Wildman–Crippen MR) is 86.8 cm³/mol. The summed E-state index contributed by atoms with van der Waals surface area (Å²) >= 11 is 5.99. The fourth-order valence-corrected chi connectivity index (χ4v) is 2.23. The van der Waals surface area contributed by atoms with Crippen LogP contribution in [0.1, 0.15) is 45.2 Å². The van der Waals surface area contributed by atoms with Gasteiger partial charge < -0.3 is 15.6 Å². The molecule has 1 rings (SSSR count). The maximum absolute atomic E-state index is 13.9. The van der Waals surface area contributed by atoms with Gasteiger partial charge in [-0.2, -0.15) is 0 Å². The van der Waals surface area contributed by atoms with E-state index in [1.54, 1.807) is 13.0 Å². The molecule has 21 heavy (non-hydrogen) atoms. The van der Waals surface area contributed by atoms with Gasteiger partial charge in [0.25, 0.3) is 0 Å². The molecular formula is C15H24Cl2FNO2.